The van der Waals surface area contributed by atoms with Crippen LogP contribution in [-0.4, -0.2) is 19.9 Å². The Morgan fingerprint density at radius 1 is 0.778 bits per heavy atom. The quantitative estimate of drug-likeness (QED) is 0.369. The largest absolute Gasteiger partial charge is 0.358 e. The van der Waals surface area contributed by atoms with E-state index in [0.29, 0.717) is 11.1 Å². The third kappa shape index (κ3) is 4.48. The van der Waals surface area contributed by atoms with Crippen LogP contribution in [0.5, 0.6) is 0 Å². The molecule has 0 spiro atoms. The number of hydrogen-bond donors (Lipinski definition) is 0. The van der Waals surface area contributed by atoms with Gasteiger partial charge in [-0.15, -0.1) is 0 Å². The van der Waals surface area contributed by atoms with Crippen LogP contribution in [0.3, 0.4) is 0 Å². The van der Waals surface area contributed by atoms with Crippen LogP contribution in [0.15, 0.2) is 95.0 Å². The van der Waals surface area contributed by atoms with Gasteiger partial charge < -0.3 is 0 Å². The van der Waals surface area contributed by atoms with Crippen LogP contribution in [0.25, 0.3) is 0 Å². The number of carbonyl (C=O) groups excluding carboxylic acids is 1. The summed E-state index contributed by atoms with van der Waals surface area (Å²) in [4.78, 5) is 12.8. The summed E-state index contributed by atoms with van der Waals surface area (Å²) in [5.74, 6) is -0.430. The Bertz CT molecular complexity index is 1060. The zero-order valence-electron chi connectivity index (χ0n) is 14.6. The summed E-state index contributed by atoms with van der Waals surface area (Å²) in [5, 5.41) is 3.72. The lowest BCUT2D eigenvalue weighted by atomic mass is 10.0. The molecule has 27 heavy (non-hydrogen) atoms. The first kappa shape index (κ1) is 18.5. The highest BCUT2D eigenvalue weighted by molar-refractivity contribution is 7.86. The van der Waals surface area contributed by atoms with E-state index in [-0.39, 0.29) is 10.6 Å². The fourth-order valence-corrected chi connectivity index (χ4v) is 3.11. The highest BCUT2D eigenvalue weighted by Gasteiger charge is 2.20. The number of rotatable bonds is 6. The van der Waals surface area contributed by atoms with E-state index in [1.54, 1.807) is 72.8 Å². The van der Waals surface area contributed by atoms with Crippen molar-refractivity contribution in [1.29, 1.82) is 0 Å². The van der Waals surface area contributed by atoms with Gasteiger partial charge in [0.15, 0.2) is 5.71 Å². The first-order chi connectivity index (χ1) is 13.0. The summed E-state index contributed by atoms with van der Waals surface area (Å²) in [5.41, 5.74) is 1.68. The standard InChI is InChI=1S/C21H17NO4S/c1-16-12-14-19(15-13-16)27(24,25)26-22-20(17-8-4-2-5-9-17)21(23)18-10-6-3-7-11-18/h2-15H,1H3/b22-20+. The molecule has 0 aliphatic heterocycles. The first-order valence-corrected chi connectivity index (χ1v) is 9.62. The molecule has 6 heteroatoms. The van der Waals surface area contributed by atoms with Crippen molar-refractivity contribution in [2.75, 3.05) is 0 Å². The van der Waals surface area contributed by atoms with Gasteiger partial charge in [0.25, 0.3) is 0 Å². The van der Waals surface area contributed by atoms with Crippen molar-refractivity contribution in [3.05, 3.63) is 102 Å². The minimum Gasteiger partial charge on any atom is -0.287 e. The summed E-state index contributed by atoms with van der Waals surface area (Å²) in [6, 6.07) is 23.3. The highest BCUT2D eigenvalue weighted by Crippen LogP contribution is 2.15. The topological polar surface area (TPSA) is 72.8 Å². The summed E-state index contributed by atoms with van der Waals surface area (Å²) < 4.78 is 29.6. The van der Waals surface area contributed by atoms with Crippen LogP contribution in [0.1, 0.15) is 21.5 Å². The van der Waals surface area contributed by atoms with Crippen molar-refractivity contribution in [1.82, 2.24) is 0 Å². The Morgan fingerprint density at radius 2 is 1.30 bits per heavy atom. The van der Waals surface area contributed by atoms with E-state index in [1.165, 1.54) is 12.1 Å². The predicted octanol–water partition coefficient (Wildman–Crippen LogP) is 3.99. The molecule has 3 aromatic carbocycles. The molecule has 0 bridgehead atoms. The van der Waals surface area contributed by atoms with Crippen LogP contribution < -0.4 is 0 Å². The number of benzene rings is 3. The fourth-order valence-electron chi connectivity index (χ4n) is 2.38. The lowest BCUT2D eigenvalue weighted by Crippen LogP contribution is -2.17. The number of carbonyl (C=O) groups is 1. The lowest BCUT2D eigenvalue weighted by molar-refractivity contribution is 0.106. The Kier molecular flexibility index (Phi) is 5.47. The molecule has 0 aliphatic carbocycles. The van der Waals surface area contributed by atoms with Crippen molar-refractivity contribution in [2.45, 2.75) is 11.8 Å². The Balaban J connectivity index is 1.98. The average molecular weight is 379 g/mol. The number of ketones is 1. The maximum absolute atomic E-state index is 12.8. The highest BCUT2D eigenvalue weighted by atomic mass is 32.2. The molecule has 136 valence electrons. The molecule has 0 radical (unpaired) electrons. The van der Waals surface area contributed by atoms with Gasteiger partial charge in [-0.3, -0.25) is 9.08 Å². The second-order valence-electron chi connectivity index (χ2n) is 5.84. The summed E-state index contributed by atoms with van der Waals surface area (Å²) >= 11 is 0. The molecule has 0 fully saturated rings. The number of Topliss-reactive ketones (excluding diaryl/α,β-unsaturated/α-hetero) is 1. The van der Waals surface area contributed by atoms with Gasteiger partial charge in [0.2, 0.25) is 5.78 Å². The first-order valence-electron chi connectivity index (χ1n) is 8.21. The van der Waals surface area contributed by atoms with Crippen molar-refractivity contribution in [2.24, 2.45) is 5.16 Å². The maximum Gasteiger partial charge on any atom is 0.358 e. The number of oxime groups is 1. The summed E-state index contributed by atoms with van der Waals surface area (Å²) in [7, 11) is -4.14. The molecule has 0 aromatic heterocycles. The van der Waals surface area contributed by atoms with Gasteiger partial charge in [-0.05, 0) is 19.1 Å². The number of nitrogens with zero attached hydrogens (tertiary/aromatic N) is 1. The van der Waals surface area contributed by atoms with Crippen molar-refractivity contribution >= 4 is 21.6 Å². The summed E-state index contributed by atoms with van der Waals surface area (Å²) in [6.07, 6.45) is 0. The third-order valence-electron chi connectivity index (χ3n) is 3.83. The average Bonchev–Trinajstić information content (AvgIpc) is 2.70. The SMILES string of the molecule is Cc1ccc(S(=O)(=O)O/N=C(/C(=O)c2ccccc2)c2ccccc2)cc1. The van der Waals surface area contributed by atoms with Crippen molar-refractivity contribution < 1.29 is 17.5 Å². The van der Waals surface area contributed by atoms with Gasteiger partial charge in [0.1, 0.15) is 4.90 Å². The molecule has 0 atom stereocenters. The molecular formula is C21H17NO4S. The molecule has 0 saturated carbocycles. The monoisotopic (exact) mass is 379 g/mol. The molecule has 3 aromatic rings. The van der Waals surface area contributed by atoms with Crippen molar-refractivity contribution in [3.63, 3.8) is 0 Å². The van der Waals surface area contributed by atoms with E-state index < -0.39 is 15.9 Å². The van der Waals surface area contributed by atoms with E-state index in [9.17, 15) is 13.2 Å². The molecule has 0 N–H and O–H groups in total. The molecular weight excluding hydrogens is 362 g/mol. The van der Waals surface area contributed by atoms with E-state index in [4.69, 9.17) is 4.28 Å². The third-order valence-corrected chi connectivity index (χ3v) is 4.95. The van der Waals surface area contributed by atoms with Gasteiger partial charge in [0, 0.05) is 11.1 Å². The Hall–Kier alpha value is -3.25. The molecule has 0 amide bonds. The molecule has 3 rings (SSSR count). The second kappa shape index (κ2) is 7.97. The van der Waals surface area contributed by atoms with Gasteiger partial charge in [-0.2, -0.15) is 8.42 Å². The van der Waals surface area contributed by atoms with Gasteiger partial charge in [-0.25, -0.2) is 0 Å². The molecule has 0 saturated heterocycles. The predicted molar refractivity (Wildman–Crippen MR) is 103 cm³/mol. The zero-order valence-corrected chi connectivity index (χ0v) is 15.4. The lowest BCUT2D eigenvalue weighted by Gasteiger charge is -2.07. The number of aryl methyl sites for hydroxylation is 1. The normalized spacial score (nSPS) is 11.8. The minimum atomic E-state index is -4.14. The van der Waals surface area contributed by atoms with E-state index in [0.717, 1.165) is 5.56 Å². The molecule has 0 heterocycles. The van der Waals surface area contributed by atoms with Gasteiger partial charge in [-0.1, -0.05) is 83.5 Å². The fraction of sp³-hybridized carbons (Fsp3) is 0.0476. The molecule has 0 aliphatic rings. The van der Waals surface area contributed by atoms with Crippen LogP contribution >= 0.6 is 0 Å². The maximum atomic E-state index is 12.8. The van der Waals surface area contributed by atoms with Gasteiger partial charge in [0.05, 0.1) is 0 Å². The van der Waals surface area contributed by atoms with Crippen molar-refractivity contribution in [3.8, 4) is 0 Å². The smallest absolute Gasteiger partial charge is 0.287 e. The van der Waals surface area contributed by atoms with E-state index in [1.807, 2.05) is 6.92 Å². The molecule has 5 nitrogen and oxygen atoms in total. The second-order valence-corrected chi connectivity index (χ2v) is 7.37. The minimum absolute atomic E-state index is 0.0311. The van der Waals surface area contributed by atoms with Crippen LogP contribution in [0.2, 0.25) is 0 Å². The number of hydrogen-bond acceptors (Lipinski definition) is 5. The molecule has 0 unspecified atom stereocenters. The van der Waals surface area contributed by atoms with Gasteiger partial charge >= 0.3 is 10.1 Å². The summed E-state index contributed by atoms with van der Waals surface area (Å²) in [6.45, 7) is 1.85. The zero-order chi connectivity index (χ0) is 19.3. The van der Waals surface area contributed by atoms with Crippen LogP contribution in [0, 0.1) is 6.92 Å². The Labute approximate surface area is 158 Å². The van der Waals surface area contributed by atoms with Crippen LogP contribution in [-0.2, 0) is 14.4 Å². The van der Waals surface area contributed by atoms with E-state index in [2.05, 4.69) is 5.16 Å². The Morgan fingerprint density at radius 3 is 1.85 bits per heavy atom. The van der Waals surface area contributed by atoms with E-state index >= 15 is 0 Å². The van der Waals surface area contributed by atoms with Crippen LogP contribution in [0.4, 0.5) is 0 Å².